The molecule has 0 unspecified atom stereocenters. The molecule has 3 aromatic rings. The van der Waals surface area contributed by atoms with Gasteiger partial charge >= 0.3 is 0 Å². The van der Waals surface area contributed by atoms with Crippen LogP contribution in [-0.2, 0) is 0 Å². The van der Waals surface area contributed by atoms with E-state index < -0.39 is 0 Å². The quantitative estimate of drug-likeness (QED) is 0.632. The molecule has 2 aromatic heterocycles. The lowest BCUT2D eigenvalue weighted by Gasteiger charge is -2.33. The molecule has 29 heavy (non-hydrogen) atoms. The molecule has 0 spiro atoms. The van der Waals surface area contributed by atoms with Gasteiger partial charge < -0.3 is 19.1 Å². The van der Waals surface area contributed by atoms with Gasteiger partial charge in [-0.25, -0.2) is 9.97 Å². The van der Waals surface area contributed by atoms with Crippen molar-refractivity contribution < 1.29 is 14.2 Å². The minimum atomic E-state index is 0.530. The Hall–Kier alpha value is -3.09. The monoisotopic (exact) mass is 394 g/mol. The van der Waals surface area contributed by atoms with Gasteiger partial charge in [0.15, 0.2) is 11.5 Å². The highest BCUT2D eigenvalue weighted by Crippen LogP contribution is 2.35. The first-order valence-electron chi connectivity index (χ1n) is 9.85. The molecular formula is C22H26N4O3. The third-order valence-electron chi connectivity index (χ3n) is 5.39. The van der Waals surface area contributed by atoms with E-state index in [1.807, 2.05) is 31.2 Å². The lowest BCUT2D eigenvalue weighted by Crippen LogP contribution is -2.36. The van der Waals surface area contributed by atoms with Crippen molar-refractivity contribution in [3.8, 4) is 17.2 Å². The van der Waals surface area contributed by atoms with Gasteiger partial charge in [-0.05, 0) is 37.8 Å². The molecule has 1 fully saturated rings. The summed E-state index contributed by atoms with van der Waals surface area (Å²) >= 11 is 0. The predicted octanol–water partition coefficient (Wildman–Crippen LogP) is 3.65. The van der Waals surface area contributed by atoms with Gasteiger partial charge in [0.25, 0.3) is 0 Å². The van der Waals surface area contributed by atoms with E-state index in [9.17, 15) is 0 Å². The number of anilines is 1. The Morgan fingerprint density at radius 3 is 2.48 bits per heavy atom. The van der Waals surface area contributed by atoms with Gasteiger partial charge in [0, 0.05) is 42.5 Å². The Morgan fingerprint density at radius 2 is 1.76 bits per heavy atom. The number of ether oxygens (including phenoxy) is 3. The van der Waals surface area contributed by atoms with E-state index in [2.05, 4.69) is 19.9 Å². The summed E-state index contributed by atoms with van der Waals surface area (Å²) in [5, 5.41) is 0.979. The fourth-order valence-electron chi connectivity index (χ4n) is 3.76. The zero-order chi connectivity index (χ0) is 20.2. The van der Waals surface area contributed by atoms with Crippen LogP contribution in [0, 0.1) is 12.8 Å². The van der Waals surface area contributed by atoms with E-state index in [1.54, 1.807) is 26.7 Å². The lowest BCUT2D eigenvalue weighted by atomic mass is 9.97. The van der Waals surface area contributed by atoms with Crippen LogP contribution in [0.25, 0.3) is 10.9 Å². The third kappa shape index (κ3) is 4.18. The molecular weight excluding hydrogens is 368 g/mol. The first-order chi connectivity index (χ1) is 14.2. The van der Waals surface area contributed by atoms with Gasteiger partial charge in [0.05, 0.1) is 26.3 Å². The topological polar surface area (TPSA) is 69.6 Å². The molecule has 0 aliphatic carbocycles. The van der Waals surface area contributed by atoms with Crippen molar-refractivity contribution in [3.05, 3.63) is 42.5 Å². The average molecular weight is 394 g/mol. The van der Waals surface area contributed by atoms with Crippen molar-refractivity contribution in [2.75, 3.05) is 38.8 Å². The molecule has 4 rings (SSSR count). The van der Waals surface area contributed by atoms with Crippen molar-refractivity contribution in [2.24, 2.45) is 5.92 Å². The van der Waals surface area contributed by atoms with Gasteiger partial charge in [0.2, 0.25) is 0 Å². The minimum absolute atomic E-state index is 0.530. The van der Waals surface area contributed by atoms with Gasteiger partial charge in [-0.15, -0.1) is 0 Å². The molecule has 1 saturated heterocycles. The van der Waals surface area contributed by atoms with Crippen LogP contribution in [0.15, 0.2) is 36.8 Å². The first-order valence-corrected chi connectivity index (χ1v) is 9.85. The van der Waals surface area contributed by atoms with Crippen LogP contribution < -0.4 is 19.1 Å². The number of hydrogen-bond acceptors (Lipinski definition) is 7. The lowest BCUT2D eigenvalue weighted by molar-refractivity contribution is 0.222. The molecule has 0 N–H and O–H groups in total. The molecule has 0 amide bonds. The summed E-state index contributed by atoms with van der Waals surface area (Å²) in [6.07, 6.45) is 5.52. The summed E-state index contributed by atoms with van der Waals surface area (Å²) in [5.74, 6) is 3.73. The second kappa shape index (κ2) is 8.51. The maximum absolute atomic E-state index is 5.98. The van der Waals surface area contributed by atoms with E-state index in [0.717, 1.165) is 60.7 Å². The number of methoxy groups -OCH3 is 2. The molecule has 0 atom stereocenters. The van der Waals surface area contributed by atoms with Gasteiger partial charge in [-0.3, -0.25) is 4.98 Å². The van der Waals surface area contributed by atoms with E-state index in [-0.39, 0.29) is 0 Å². The molecule has 0 saturated carbocycles. The summed E-state index contributed by atoms with van der Waals surface area (Å²) in [6, 6.07) is 7.75. The molecule has 0 bridgehead atoms. The molecule has 3 heterocycles. The minimum Gasteiger partial charge on any atom is -0.493 e. The Bertz CT molecular complexity index is 987. The van der Waals surface area contributed by atoms with Crippen LogP contribution >= 0.6 is 0 Å². The number of fused-ring (bicyclic) bond motifs is 1. The largest absolute Gasteiger partial charge is 0.493 e. The zero-order valence-electron chi connectivity index (χ0n) is 17.1. The van der Waals surface area contributed by atoms with E-state index in [0.29, 0.717) is 17.4 Å². The number of piperidine rings is 1. The Kier molecular flexibility index (Phi) is 5.64. The number of rotatable bonds is 6. The smallest absolute Gasteiger partial charge is 0.162 e. The highest BCUT2D eigenvalue weighted by atomic mass is 16.5. The predicted molar refractivity (Wildman–Crippen MR) is 112 cm³/mol. The summed E-state index contributed by atoms with van der Waals surface area (Å²) in [7, 11) is 3.27. The SMILES string of the molecule is COc1cc2ncnc(N3CCC(COc4ccnc(C)c4)CC3)c2cc1OC. The van der Waals surface area contributed by atoms with Crippen LogP contribution in [0.3, 0.4) is 0 Å². The van der Waals surface area contributed by atoms with Crippen LogP contribution in [0.2, 0.25) is 0 Å². The van der Waals surface area contributed by atoms with Crippen LogP contribution in [0.5, 0.6) is 17.2 Å². The zero-order valence-corrected chi connectivity index (χ0v) is 17.1. The molecule has 1 aliphatic rings. The highest BCUT2D eigenvalue weighted by molar-refractivity contribution is 5.92. The van der Waals surface area contributed by atoms with Crippen molar-refractivity contribution in [2.45, 2.75) is 19.8 Å². The Labute approximate surface area is 170 Å². The maximum Gasteiger partial charge on any atom is 0.162 e. The molecule has 0 radical (unpaired) electrons. The Balaban J connectivity index is 1.45. The number of aryl methyl sites for hydroxylation is 1. The molecule has 152 valence electrons. The highest BCUT2D eigenvalue weighted by Gasteiger charge is 2.23. The summed E-state index contributed by atoms with van der Waals surface area (Å²) in [5.41, 5.74) is 1.83. The van der Waals surface area contributed by atoms with Crippen molar-refractivity contribution >= 4 is 16.7 Å². The van der Waals surface area contributed by atoms with Crippen LogP contribution in [0.1, 0.15) is 18.5 Å². The second-order valence-electron chi connectivity index (χ2n) is 7.30. The first kappa shape index (κ1) is 19.2. The average Bonchev–Trinajstić information content (AvgIpc) is 2.76. The standard InChI is InChI=1S/C22H26N4O3/c1-15-10-17(4-7-23-15)29-13-16-5-8-26(9-6-16)22-18-11-20(27-2)21(28-3)12-19(18)24-14-25-22/h4,7,10-12,14,16H,5-6,8-9,13H2,1-3H3. The summed E-state index contributed by atoms with van der Waals surface area (Å²) in [6.45, 7) is 4.57. The van der Waals surface area contributed by atoms with Crippen molar-refractivity contribution in [1.29, 1.82) is 0 Å². The van der Waals surface area contributed by atoms with E-state index in [1.165, 1.54) is 0 Å². The fraction of sp³-hybridized carbons (Fsp3) is 0.409. The molecule has 1 aromatic carbocycles. The van der Waals surface area contributed by atoms with Crippen molar-refractivity contribution in [3.63, 3.8) is 0 Å². The molecule has 1 aliphatic heterocycles. The Morgan fingerprint density at radius 1 is 1.00 bits per heavy atom. The van der Waals surface area contributed by atoms with E-state index >= 15 is 0 Å². The van der Waals surface area contributed by atoms with Crippen LogP contribution in [0.4, 0.5) is 5.82 Å². The molecule has 7 heteroatoms. The van der Waals surface area contributed by atoms with Crippen molar-refractivity contribution in [1.82, 2.24) is 15.0 Å². The number of aromatic nitrogens is 3. The van der Waals surface area contributed by atoms with E-state index in [4.69, 9.17) is 14.2 Å². The number of benzene rings is 1. The summed E-state index contributed by atoms with van der Waals surface area (Å²) < 4.78 is 16.8. The maximum atomic E-state index is 5.98. The van der Waals surface area contributed by atoms with Gasteiger partial charge in [-0.2, -0.15) is 0 Å². The summed E-state index contributed by atoms with van der Waals surface area (Å²) in [4.78, 5) is 15.5. The van der Waals surface area contributed by atoms with Crippen LogP contribution in [-0.4, -0.2) is 48.9 Å². The fourth-order valence-corrected chi connectivity index (χ4v) is 3.76. The number of pyridine rings is 1. The molecule has 7 nitrogen and oxygen atoms in total. The third-order valence-corrected chi connectivity index (χ3v) is 5.39. The second-order valence-corrected chi connectivity index (χ2v) is 7.30. The normalized spacial score (nSPS) is 14.8. The number of hydrogen-bond donors (Lipinski definition) is 0. The van der Waals surface area contributed by atoms with Gasteiger partial charge in [-0.1, -0.05) is 0 Å². The number of nitrogens with zero attached hydrogens (tertiary/aromatic N) is 4. The van der Waals surface area contributed by atoms with Gasteiger partial charge in [0.1, 0.15) is 17.9 Å².